The lowest BCUT2D eigenvalue weighted by atomic mass is 9.86. The van der Waals surface area contributed by atoms with E-state index in [1.807, 2.05) is 0 Å². The number of nitrogens with zero attached hydrogens (tertiary/aromatic N) is 4. The van der Waals surface area contributed by atoms with Crippen LogP contribution in [0.15, 0.2) is 79.1 Å². The van der Waals surface area contributed by atoms with Gasteiger partial charge in [0.25, 0.3) is 5.91 Å². The maximum Gasteiger partial charge on any atom is 0.415 e. The van der Waals surface area contributed by atoms with E-state index in [2.05, 4.69) is 9.88 Å². The molecule has 2 atom stereocenters. The molecule has 288 valence electrons. The monoisotopic (exact) mass is 790 g/mol. The van der Waals surface area contributed by atoms with Gasteiger partial charge in [0.15, 0.2) is 11.5 Å². The van der Waals surface area contributed by atoms with E-state index in [4.69, 9.17) is 42.1 Å². The average Bonchev–Trinajstić information content (AvgIpc) is 3.18. The molecule has 14 heteroatoms. The van der Waals surface area contributed by atoms with Gasteiger partial charge in [0.2, 0.25) is 0 Å². The van der Waals surface area contributed by atoms with Gasteiger partial charge in [0.05, 0.1) is 42.4 Å². The number of pyridine rings is 1. The summed E-state index contributed by atoms with van der Waals surface area (Å²) in [5.74, 6) is -0.650. The molecule has 4 saturated heterocycles. The Hall–Kier alpha value is -4.91. The lowest BCUT2D eigenvalue weighted by molar-refractivity contribution is -0.159. The van der Waals surface area contributed by atoms with Crippen molar-refractivity contribution in [3.63, 3.8) is 0 Å². The number of para-hydroxylation sites is 1. The molecule has 0 radical (unpaired) electrons. The van der Waals surface area contributed by atoms with Crippen molar-refractivity contribution >= 4 is 46.9 Å². The number of ether oxygens (including phenoxy) is 4. The fourth-order valence-corrected chi connectivity index (χ4v) is 7.97. The molecule has 3 aromatic carbocycles. The third-order valence-corrected chi connectivity index (χ3v) is 11.3. The number of anilines is 1. The van der Waals surface area contributed by atoms with Gasteiger partial charge in [-0.1, -0.05) is 53.5 Å². The van der Waals surface area contributed by atoms with Gasteiger partial charge in [0.1, 0.15) is 18.0 Å². The van der Waals surface area contributed by atoms with Crippen LogP contribution in [0.5, 0.6) is 11.5 Å². The first-order valence-electron chi connectivity index (χ1n) is 18.1. The van der Waals surface area contributed by atoms with Crippen LogP contribution in [-0.4, -0.2) is 85.8 Å². The Bertz CT molecular complexity index is 2040. The number of amides is 2. The number of methoxy groups -OCH3 is 2. The SMILES string of the molecule is COc1ccc([C@H](Cc2c(Cl)cncc2Cl)OC(=O)C2CN(C(=O)c3cccc(CN(C(=O)O[C@H]4CN5CCC4CC5)c4ccccc4F)c3)C2)cc1OC. The number of rotatable bonds is 12. The fraction of sp³-hybridized carbons (Fsp3) is 0.366. The molecular weight excluding hydrogens is 750 g/mol. The van der Waals surface area contributed by atoms with E-state index in [1.54, 1.807) is 59.5 Å². The molecule has 0 N–H and O–H groups in total. The van der Waals surface area contributed by atoms with Crippen LogP contribution in [0.2, 0.25) is 10.0 Å². The number of aromatic nitrogens is 1. The van der Waals surface area contributed by atoms with Crippen LogP contribution in [0.4, 0.5) is 14.9 Å². The van der Waals surface area contributed by atoms with Crippen molar-refractivity contribution in [1.29, 1.82) is 0 Å². The van der Waals surface area contributed by atoms with E-state index in [0.29, 0.717) is 50.3 Å². The van der Waals surface area contributed by atoms with Crippen LogP contribution >= 0.6 is 23.2 Å². The highest BCUT2D eigenvalue weighted by atomic mass is 35.5. The number of fused-ring (bicyclic) bond motifs is 3. The zero-order valence-electron chi connectivity index (χ0n) is 30.5. The van der Waals surface area contributed by atoms with Crippen molar-refractivity contribution in [2.24, 2.45) is 11.8 Å². The Morgan fingerprint density at radius 3 is 2.31 bits per heavy atom. The van der Waals surface area contributed by atoms with Crippen LogP contribution in [0.3, 0.4) is 0 Å². The van der Waals surface area contributed by atoms with Crippen molar-refractivity contribution in [2.45, 2.75) is 38.0 Å². The largest absolute Gasteiger partial charge is 0.493 e. The number of piperidine rings is 3. The summed E-state index contributed by atoms with van der Waals surface area (Å²) in [6.45, 7) is 2.92. The first kappa shape index (κ1) is 38.4. The summed E-state index contributed by atoms with van der Waals surface area (Å²) in [6, 6.07) is 18.1. The number of hydrogen-bond donors (Lipinski definition) is 0. The third-order valence-electron chi connectivity index (χ3n) is 10.6. The van der Waals surface area contributed by atoms with Gasteiger partial charge < -0.3 is 23.8 Å². The van der Waals surface area contributed by atoms with Crippen LogP contribution in [0, 0.1) is 17.7 Å². The fourth-order valence-electron chi connectivity index (χ4n) is 7.45. The van der Waals surface area contributed by atoms with Crippen molar-refractivity contribution < 1.29 is 37.7 Å². The van der Waals surface area contributed by atoms with Crippen LogP contribution in [-0.2, 0) is 27.2 Å². The van der Waals surface area contributed by atoms with Crippen LogP contribution in [0.1, 0.15) is 46.0 Å². The minimum absolute atomic E-state index is 0.0139. The summed E-state index contributed by atoms with van der Waals surface area (Å²) in [5, 5.41) is 0.666. The molecule has 4 fully saturated rings. The van der Waals surface area contributed by atoms with Crippen LogP contribution < -0.4 is 14.4 Å². The highest BCUT2D eigenvalue weighted by Gasteiger charge is 2.40. The Kier molecular flexibility index (Phi) is 11.8. The zero-order chi connectivity index (χ0) is 38.6. The zero-order valence-corrected chi connectivity index (χ0v) is 32.0. The number of benzene rings is 3. The molecule has 4 aliphatic rings. The van der Waals surface area contributed by atoms with E-state index in [-0.39, 0.29) is 49.7 Å². The third kappa shape index (κ3) is 8.51. The lowest BCUT2D eigenvalue weighted by Crippen LogP contribution is -2.53. The molecule has 0 aliphatic carbocycles. The minimum atomic E-state index is -0.791. The molecule has 2 bridgehead atoms. The molecule has 4 aromatic rings. The Morgan fingerprint density at radius 1 is 0.909 bits per heavy atom. The number of esters is 1. The number of likely N-dealkylation sites (tertiary alicyclic amines) is 1. The van der Waals surface area contributed by atoms with E-state index < -0.39 is 29.9 Å². The molecule has 8 rings (SSSR count). The standard InChI is InChI=1S/C41H41Cl2FN4O7/c1-52-35-11-10-27(17-37(35)53-2)36(18-30-31(42)19-45-20-32(30)43)54-40(50)29-22-47(23-29)39(49)28-7-5-6-25(16-28)21-48(34-9-4-3-8-33(34)44)41(51)55-38-24-46-14-12-26(38)13-15-46/h3-11,16-17,19-20,26,29,36,38H,12-15,18,21-24H2,1-2H3/t36-,38-/m0/s1. The summed E-state index contributed by atoms with van der Waals surface area (Å²) in [5.41, 5.74) is 2.28. The number of carbonyl (C=O) groups excluding carboxylic acids is 3. The molecular formula is C41H41Cl2FN4O7. The summed E-state index contributed by atoms with van der Waals surface area (Å²) in [6.07, 6.45) is 3.36. The second-order valence-corrected chi connectivity index (χ2v) is 14.8. The quantitative estimate of drug-likeness (QED) is 0.136. The van der Waals surface area contributed by atoms with E-state index in [1.165, 1.54) is 43.6 Å². The van der Waals surface area contributed by atoms with Gasteiger partial charge in [-0.2, -0.15) is 0 Å². The Morgan fingerprint density at radius 2 is 1.64 bits per heavy atom. The predicted octanol–water partition coefficient (Wildman–Crippen LogP) is 7.38. The van der Waals surface area contributed by atoms with Gasteiger partial charge in [-0.05, 0) is 84.9 Å². The summed E-state index contributed by atoms with van der Waals surface area (Å²) in [4.78, 5) is 50.0. The Balaban J connectivity index is 1.02. The highest BCUT2D eigenvalue weighted by molar-refractivity contribution is 6.35. The summed E-state index contributed by atoms with van der Waals surface area (Å²) < 4.78 is 38.0. The molecule has 0 unspecified atom stereocenters. The Labute approximate surface area is 328 Å². The number of carbonyl (C=O) groups is 3. The maximum absolute atomic E-state index is 15.1. The number of hydrogen-bond acceptors (Lipinski definition) is 9. The summed E-state index contributed by atoms with van der Waals surface area (Å²) >= 11 is 12.9. The lowest BCUT2D eigenvalue weighted by Gasteiger charge is -2.44. The second kappa shape index (κ2) is 16.8. The highest BCUT2D eigenvalue weighted by Crippen LogP contribution is 2.37. The van der Waals surface area contributed by atoms with Gasteiger partial charge in [-0.15, -0.1) is 0 Å². The maximum atomic E-state index is 15.1. The molecule has 1 aromatic heterocycles. The van der Waals surface area contributed by atoms with E-state index in [0.717, 1.165) is 25.9 Å². The van der Waals surface area contributed by atoms with Crippen molar-refractivity contribution in [1.82, 2.24) is 14.8 Å². The van der Waals surface area contributed by atoms with E-state index in [9.17, 15) is 14.4 Å². The van der Waals surface area contributed by atoms with Crippen molar-refractivity contribution in [2.75, 3.05) is 51.8 Å². The molecule has 2 amide bonds. The second-order valence-electron chi connectivity index (χ2n) is 14.0. The molecule has 4 aliphatic heterocycles. The minimum Gasteiger partial charge on any atom is -0.493 e. The van der Waals surface area contributed by atoms with Crippen molar-refractivity contribution in [3.05, 3.63) is 117 Å². The molecule has 55 heavy (non-hydrogen) atoms. The smallest absolute Gasteiger partial charge is 0.415 e. The van der Waals surface area contributed by atoms with Gasteiger partial charge in [0, 0.05) is 44.0 Å². The van der Waals surface area contributed by atoms with Gasteiger partial charge >= 0.3 is 12.1 Å². The average molecular weight is 792 g/mol. The molecule has 11 nitrogen and oxygen atoms in total. The van der Waals surface area contributed by atoms with Gasteiger partial charge in [-0.3, -0.25) is 24.4 Å². The molecule has 0 saturated carbocycles. The first-order chi connectivity index (χ1) is 26.6. The van der Waals surface area contributed by atoms with Gasteiger partial charge in [-0.25, -0.2) is 9.18 Å². The van der Waals surface area contributed by atoms with Crippen LogP contribution in [0.25, 0.3) is 0 Å². The number of halogens is 3. The molecule has 0 spiro atoms. The first-order valence-corrected chi connectivity index (χ1v) is 18.9. The van der Waals surface area contributed by atoms with E-state index >= 15 is 4.39 Å². The predicted molar refractivity (Wildman–Crippen MR) is 204 cm³/mol. The molecule has 5 heterocycles. The normalized spacial score (nSPS) is 19.6. The van der Waals surface area contributed by atoms with Crippen molar-refractivity contribution in [3.8, 4) is 11.5 Å². The summed E-state index contributed by atoms with van der Waals surface area (Å²) in [7, 11) is 3.05. The topological polar surface area (TPSA) is 111 Å².